The second-order valence-corrected chi connectivity index (χ2v) is 8.00. The van der Waals surface area contributed by atoms with Crippen LogP contribution in [-0.2, 0) is 0 Å². The SMILES string of the molecule is CCCCCC1=CC(CCC)=C([SiH2]c2ccccc2)C1. The van der Waals surface area contributed by atoms with Crippen LogP contribution in [0.2, 0.25) is 0 Å². The van der Waals surface area contributed by atoms with Gasteiger partial charge in [0.25, 0.3) is 0 Å². The molecule has 0 amide bonds. The van der Waals surface area contributed by atoms with Crippen molar-refractivity contribution in [2.75, 3.05) is 0 Å². The second-order valence-electron chi connectivity index (χ2n) is 5.98. The van der Waals surface area contributed by atoms with Crippen LogP contribution in [0.4, 0.5) is 0 Å². The van der Waals surface area contributed by atoms with Crippen LogP contribution in [0.1, 0.15) is 58.8 Å². The van der Waals surface area contributed by atoms with Gasteiger partial charge >= 0.3 is 0 Å². The lowest BCUT2D eigenvalue weighted by atomic mass is 10.1. The second kappa shape index (κ2) is 8.26. The largest absolute Gasteiger partial charge is 0.0832 e. The zero-order valence-electron chi connectivity index (χ0n) is 13.1. The van der Waals surface area contributed by atoms with E-state index in [2.05, 4.69) is 50.3 Å². The molecule has 0 spiro atoms. The highest BCUT2D eigenvalue weighted by molar-refractivity contribution is 6.61. The van der Waals surface area contributed by atoms with Crippen LogP contribution in [0.3, 0.4) is 0 Å². The van der Waals surface area contributed by atoms with Crippen molar-refractivity contribution >= 4 is 14.7 Å². The molecule has 0 heterocycles. The normalized spacial score (nSPS) is 15.4. The van der Waals surface area contributed by atoms with E-state index in [0.29, 0.717) is 0 Å². The zero-order chi connectivity index (χ0) is 14.2. The van der Waals surface area contributed by atoms with E-state index < -0.39 is 0 Å². The van der Waals surface area contributed by atoms with Crippen molar-refractivity contribution < 1.29 is 0 Å². The van der Waals surface area contributed by atoms with Gasteiger partial charge in [0.2, 0.25) is 0 Å². The molecule has 2 rings (SSSR count). The molecular weight excluding hydrogens is 256 g/mol. The van der Waals surface area contributed by atoms with Crippen molar-refractivity contribution in [3.63, 3.8) is 0 Å². The van der Waals surface area contributed by atoms with Crippen molar-refractivity contribution in [1.29, 1.82) is 0 Å². The Morgan fingerprint density at radius 2 is 1.75 bits per heavy atom. The van der Waals surface area contributed by atoms with Gasteiger partial charge in [-0.2, -0.15) is 0 Å². The number of rotatable bonds is 8. The van der Waals surface area contributed by atoms with Gasteiger partial charge in [0.05, 0.1) is 9.52 Å². The Morgan fingerprint density at radius 3 is 2.45 bits per heavy atom. The molecule has 0 unspecified atom stereocenters. The quantitative estimate of drug-likeness (QED) is 0.489. The molecule has 108 valence electrons. The standard InChI is InChI=1S/C19H28Si/c1-3-5-7-11-16-14-17(10-4-2)19(15-16)20-18-12-8-6-9-13-18/h6,8-9,12-14H,3-5,7,10-11,15,20H2,1-2H3. The Balaban J connectivity index is 1.98. The van der Waals surface area contributed by atoms with Gasteiger partial charge in [-0.1, -0.05) is 91.0 Å². The fourth-order valence-corrected chi connectivity index (χ4v) is 5.04. The topological polar surface area (TPSA) is 0 Å². The third-order valence-electron chi connectivity index (χ3n) is 4.15. The van der Waals surface area contributed by atoms with E-state index in [1.165, 1.54) is 44.9 Å². The molecule has 0 radical (unpaired) electrons. The van der Waals surface area contributed by atoms with E-state index in [9.17, 15) is 0 Å². The third-order valence-corrected chi connectivity index (χ3v) is 6.16. The fraction of sp³-hybridized carbons (Fsp3) is 0.474. The average molecular weight is 285 g/mol. The van der Waals surface area contributed by atoms with Gasteiger partial charge in [0.1, 0.15) is 0 Å². The molecule has 1 aromatic carbocycles. The van der Waals surface area contributed by atoms with Crippen LogP contribution in [-0.4, -0.2) is 9.52 Å². The molecule has 20 heavy (non-hydrogen) atoms. The van der Waals surface area contributed by atoms with Gasteiger partial charge < -0.3 is 0 Å². The Bertz CT molecular complexity index is 468. The van der Waals surface area contributed by atoms with E-state index in [4.69, 9.17) is 0 Å². The summed E-state index contributed by atoms with van der Waals surface area (Å²) < 4.78 is 0. The first-order valence-corrected chi connectivity index (χ1v) is 9.69. The van der Waals surface area contributed by atoms with Gasteiger partial charge in [-0.25, -0.2) is 0 Å². The molecule has 1 aromatic rings. The highest BCUT2D eigenvalue weighted by atomic mass is 28.2. The van der Waals surface area contributed by atoms with Crippen molar-refractivity contribution in [2.45, 2.75) is 58.8 Å². The summed E-state index contributed by atoms with van der Waals surface area (Å²) in [5.41, 5.74) is 3.40. The molecule has 0 aliphatic heterocycles. The first-order chi connectivity index (χ1) is 9.83. The Kier molecular flexibility index (Phi) is 6.32. The van der Waals surface area contributed by atoms with Gasteiger partial charge in [-0.3, -0.25) is 0 Å². The van der Waals surface area contributed by atoms with Crippen molar-refractivity contribution in [1.82, 2.24) is 0 Å². The summed E-state index contributed by atoms with van der Waals surface area (Å²) in [7, 11) is -0.235. The van der Waals surface area contributed by atoms with Crippen LogP contribution >= 0.6 is 0 Å². The van der Waals surface area contributed by atoms with Gasteiger partial charge in [0.15, 0.2) is 0 Å². The molecule has 0 saturated carbocycles. The fourth-order valence-electron chi connectivity index (χ4n) is 3.09. The lowest BCUT2D eigenvalue weighted by Gasteiger charge is -2.07. The van der Waals surface area contributed by atoms with E-state index in [-0.39, 0.29) is 9.52 Å². The Morgan fingerprint density at radius 1 is 0.950 bits per heavy atom. The predicted molar refractivity (Wildman–Crippen MR) is 93.4 cm³/mol. The predicted octanol–water partition coefficient (Wildman–Crippen LogP) is 4.45. The van der Waals surface area contributed by atoms with Gasteiger partial charge in [-0.05, 0) is 25.7 Å². The van der Waals surface area contributed by atoms with Gasteiger partial charge in [-0.15, -0.1) is 0 Å². The first kappa shape index (κ1) is 15.3. The van der Waals surface area contributed by atoms with Crippen LogP contribution in [0, 0.1) is 0 Å². The molecule has 0 N–H and O–H groups in total. The molecule has 0 fully saturated rings. The maximum absolute atomic E-state index is 2.55. The minimum absolute atomic E-state index is 0.235. The molecule has 1 aliphatic rings. The smallest absolute Gasteiger partial charge is 0.0755 e. The summed E-state index contributed by atoms with van der Waals surface area (Å²) in [5, 5.41) is 3.41. The Hall–Kier alpha value is -1.08. The molecule has 0 saturated heterocycles. The van der Waals surface area contributed by atoms with Crippen LogP contribution in [0.5, 0.6) is 0 Å². The number of hydrogen-bond donors (Lipinski definition) is 0. The molecular formula is C19H28Si. The first-order valence-electron chi connectivity index (χ1n) is 8.27. The van der Waals surface area contributed by atoms with Crippen molar-refractivity contribution in [2.24, 2.45) is 0 Å². The van der Waals surface area contributed by atoms with Crippen LogP contribution < -0.4 is 5.19 Å². The summed E-state index contributed by atoms with van der Waals surface area (Å²) in [5.74, 6) is 0. The minimum Gasteiger partial charge on any atom is -0.0755 e. The van der Waals surface area contributed by atoms with Crippen molar-refractivity contribution in [3.05, 3.63) is 52.8 Å². The highest BCUT2D eigenvalue weighted by Crippen LogP contribution is 2.30. The molecule has 1 heteroatoms. The molecule has 0 nitrogen and oxygen atoms in total. The van der Waals surface area contributed by atoms with E-state index in [1.54, 1.807) is 16.3 Å². The monoisotopic (exact) mass is 284 g/mol. The van der Waals surface area contributed by atoms with E-state index >= 15 is 0 Å². The molecule has 0 bridgehead atoms. The third kappa shape index (κ3) is 4.48. The number of unbranched alkanes of at least 4 members (excludes halogenated alkanes) is 2. The summed E-state index contributed by atoms with van der Waals surface area (Å²) in [6.45, 7) is 4.59. The maximum Gasteiger partial charge on any atom is 0.0832 e. The lowest BCUT2D eigenvalue weighted by Crippen LogP contribution is -2.16. The summed E-state index contributed by atoms with van der Waals surface area (Å²) in [4.78, 5) is 0. The highest BCUT2D eigenvalue weighted by Gasteiger charge is 2.15. The number of benzene rings is 1. The van der Waals surface area contributed by atoms with Gasteiger partial charge in [0, 0.05) is 0 Å². The summed E-state index contributed by atoms with van der Waals surface area (Å²) in [6.07, 6.45) is 11.8. The Labute approximate surface area is 126 Å². The number of allylic oxidation sites excluding steroid dienone is 4. The van der Waals surface area contributed by atoms with Crippen LogP contribution in [0.25, 0.3) is 0 Å². The minimum atomic E-state index is -0.235. The number of hydrogen-bond acceptors (Lipinski definition) is 0. The molecule has 0 aromatic heterocycles. The molecule has 1 aliphatic carbocycles. The summed E-state index contributed by atoms with van der Waals surface area (Å²) in [6, 6.07) is 11.1. The maximum atomic E-state index is 2.55. The van der Waals surface area contributed by atoms with Crippen LogP contribution in [0.15, 0.2) is 52.8 Å². The molecule has 0 atom stereocenters. The van der Waals surface area contributed by atoms with Crippen molar-refractivity contribution in [3.8, 4) is 0 Å². The zero-order valence-corrected chi connectivity index (χ0v) is 14.5. The lowest BCUT2D eigenvalue weighted by molar-refractivity contribution is 0.708. The summed E-state index contributed by atoms with van der Waals surface area (Å²) >= 11 is 0. The van der Waals surface area contributed by atoms with E-state index in [1.807, 2.05) is 5.20 Å². The van der Waals surface area contributed by atoms with E-state index in [0.717, 1.165) is 0 Å². The average Bonchev–Trinajstić information content (AvgIpc) is 2.83.